The molecule has 2 N–H and O–H groups in total. The van der Waals surface area contributed by atoms with Crippen LogP contribution in [0.2, 0.25) is 0 Å². The molecule has 1 aromatic rings. The molecule has 0 saturated heterocycles. The molecule has 0 aliphatic heterocycles. The Morgan fingerprint density at radius 1 is 1.53 bits per heavy atom. The molecular formula is C10H12FNO3. The number of ether oxygens (including phenoxy) is 1. The van der Waals surface area contributed by atoms with Crippen LogP contribution in [0, 0.1) is 5.82 Å². The lowest BCUT2D eigenvalue weighted by molar-refractivity contribution is -0.122. The summed E-state index contributed by atoms with van der Waals surface area (Å²) in [6.45, 7) is -0.446. The van der Waals surface area contributed by atoms with Gasteiger partial charge in [0, 0.05) is 13.1 Å². The highest BCUT2D eigenvalue weighted by molar-refractivity contribution is 5.77. The van der Waals surface area contributed by atoms with Crippen LogP contribution in [-0.2, 0) is 11.4 Å². The molecule has 0 heterocycles. The monoisotopic (exact) mass is 213 g/mol. The van der Waals surface area contributed by atoms with Gasteiger partial charge in [0.15, 0.2) is 6.61 Å². The Morgan fingerprint density at radius 2 is 2.27 bits per heavy atom. The van der Waals surface area contributed by atoms with Gasteiger partial charge in [-0.05, 0) is 17.7 Å². The van der Waals surface area contributed by atoms with Crippen LogP contribution in [0.5, 0.6) is 5.75 Å². The summed E-state index contributed by atoms with van der Waals surface area (Å²) in [6, 6.07) is 3.83. The number of hydrogen-bond donors (Lipinski definition) is 2. The van der Waals surface area contributed by atoms with Crippen LogP contribution in [0.1, 0.15) is 5.56 Å². The maximum Gasteiger partial charge on any atom is 0.257 e. The van der Waals surface area contributed by atoms with Crippen LogP contribution >= 0.6 is 0 Å². The summed E-state index contributed by atoms with van der Waals surface area (Å²) in [7, 11) is 1.48. The number of likely N-dealkylation sites (N-methyl/N-ethyl adjacent to an activating group) is 1. The summed E-state index contributed by atoms with van der Waals surface area (Å²) < 4.78 is 17.9. The number of rotatable bonds is 4. The molecule has 0 unspecified atom stereocenters. The maximum absolute atomic E-state index is 12.9. The lowest BCUT2D eigenvalue weighted by atomic mass is 10.2. The summed E-state index contributed by atoms with van der Waals surface area (Å²) in [4.78, 5) is 10.8. The first kappa shape index (κ1) is 11.5. The molecule has 0 aromatic heterocycles. The van der Waals surface area contributed by atoms with Crippen LogP contribution in [0.4, 0.5) is 4.39 Å². The molecule has 1 rings (SSSR count). The van der Waals surface area contributed by atoms with Gasteiger partial charge in [0.2, 0.25) is 0 Å². The predicted molar refractivity (Wildman–Crippen MR) is 51.9 cm³/mol. The van der Waals surface area contributed by atoms with Crippen molar-refractivity contribution in [3.05, 3.63) is 29.6 Å². The van der Waals surface area contributed by atoms with E-state index in [0.29, 0.717) is 5.56 Å². The maximum atomic E-state index is 12.9. The topological polar surface area (TPSA) is 58.6 Å². The van der Waals surface area contributed by atoms with Gasteiger partial charge >= 0.3 is 0 Å². The highest BCUT2D eigenvalue weighted by Crippen LogP contribution is 2.16. The van der Waals surface area contributed by atoms with E-state index in [9.17, 15) is 9.18 Å². The molecule has 0 saturated carbocycles. The van der Waals surface area contributed by atoms with Crippen molar-refractivity contribution < 1.29 is 19.0 Å². The Hall–Kier alpha value is -1.62. The molecule has 82 valence electrons. The van der Waals surface area contributed by atoms with Gasteiger partial charge in [0.25, 0.3) is 5.91 Å². The Morgan fingerprint density at radius 3 is 2.87 bits per heavy atom. The molecule has 0 fully saturated rings. The normalized spacial score (nSPS) is 9.80. The zero-order valence-corrected chi connectivity index (χ0v) is 8.29. The zero-order valence-electron chi connectivity index (χ0n) is 8.29. The summed E-state index contributed by atoms with van der Waals surface area (Å²) in [5.74, 6) is -0.582. The summed E-state index contributed by atoms with van der Waals surface area (Å²) in [5, 5.41) is 11.2. The minimum atomic E-state index is -0.506. The summed E-state index contributed by atoms with van der Waals surface area (Å²) in [5.41, 5.74) is 0.405. The molecule has 4 nitrogen and oxygen atoms in total. The number of carbonyl (C=O) groups is 1. The van der Waals surface area contributed by atoms with Crippen LogP contribution in [0.25, 0.3) is 0 Å². The molecule has 0 atom stereocenters. The Balaban J connectivity index is 2.68. The minimum absolute atomic E-state index is 0.176. The number of benzene rings is 1. The molecule has 0 aliphatic carbocycles. The Bertz CT molecular complexity index is 355. The standard InChI is InChI=1S/C10H12FNO3/c1-12-10(14)6-15-9-3-7(5-13)2-8(11)4-9/h2-4,13H,5-6H2,1H3,(H,12,14). The fraction of sp³-hybridized carbons (Fsp3) is 0.300. The van der Waals surface area contributed by atoms with Crippen molar-refractivity contribution in [2.75, 3.05) is 13.7 Å². The van der Waals surface area contributed by atoms with Gasteiger partial charge in [-0.2, -0.15) is 0 Å². The van der Waals surface area contributed by atoms with Gasteiger partial charge in [0.05, 0.1) is 6.61 Å². The average molecular weight is 213 g/mol. The smallest absolute Gasteiger partial charge is 0.257 e. The van der Waals surface area contributed by atoms with Gasteiger partial charge in [-0.15, -0.1) is 0 Å². The van der Waals surface area contributed by atoms with E-state index in [1.54, 1.807) is 0 Å². The van der Waals surface area contributed by atoms with Crippen LogP contribution in [-0.4, -0.2) is 24.7 Å². The van der Waals surface area contributed by atoms with E-state index in [1.807, 2.05) is 0 Å². The number of hydrogen-bond acceptors (Lipinski definition) is 3. The second kappa shape index (κ2) is 5.31. The fourth-order valence-electron chi connectivity index (χ4n) is 1.02. The van der Waals surface area contributed by atoms with Crippen LogP contribution in [0.15, 0.2) is 18.2 Å². The molecule has 5 heteroatoms. The van der Waals surface area contributed by atoms with Crippen molar-refractivity contribution in [2.24, 2.45) is 0 Å². The lowest BCUT2D eigenvalue weighted by Crippen LogP contribution is -2.24. The van der Waals surface area contributed by atoms with Crippen LogP contribution in [0.3, 0.4) is 0 Å². The Labute approximate surface area is 86.7 Å². The minimum Gasteiger partial charge on any atom is -0.484 e. The number of carbonyl (C=O) groups excluding carboxylic acids is 1. The largest absolute Gasteiger partial charge is 0.484 e. The predicted octanol–water partition coefficient (Wildman–Crippen LogP) is 0.443. The van der Waals surface area contributed by atoms with E-state index in [0.717, 1.165) is 6.07 Å². The van der Waals surface area contributed by atoms with Gasteiger partial charge < -0.3 is 15.2 Å². The second-order valence-electron chi connectivity index (χ2n) is 2.92. The molecule has 1 amide bonds. The van der Waals surface area contributed by atoms with E-state index in [-0.39, 0.29) is 24.9 Å². The number of halogens is 1. The van der Waals surface area contributed by atoms with E-state index in [1.165, 1.54) is 19.2 Å². The van der Waals surface area contributed by atoms with Crippen LogP contribution < -0.4 is 10.1 Å². The highest BCUT2D eigenvalue weighted by atomic mass is 19.1. The third kappa shape index (κ3) is 3.55. The highest BCUT2D eigenvalue weighted by Gasteiger charge is 2.03. The van der Waals surface area contributed by atoms with E-state index >= 15 is 0 Å². The average Bonchev–Trinajstić information content (AvgIpc) is 2.25. The van der Waals surface area contributed by atoms with Gasteiger partial charge in [-0.1, -0.05) is 0 Å². The quantitative estimate of drug-likeness (QED) is 0.763. The molecule has 0 aliphatic rings. The third-order valence-corrected chi connectivity index (χ3v) is 1.76. The second-order valence-corrected chi connectivity index (χ2v) is 2.92. The van der Waals surface area contributed by atoms with Crippen molar-refractivity contribution >= 4 is 5.91 Å². The Kier molecular flexibility index (Phi) is 4.05. The first-order chi connectivity index (χ1) is 7.15. The van der Waals surface area contributed by atoms with Gasteiger partial charge in [-0.3, -0.25) is 4.79 Å². The van der Waals surface area contributed by atoms with Crippen molar-refractivity contribution in [2.45, 2.75) is 6.61 Å². The summed E-state index contributed by atoms with van der Waals surface area (Å²) in [6.07, 6.45) is 0. The van der Waals surface area contributed by atoms with Crippen molar-refractivity contribution in [3.8, 4) is 5.75 Å². The molecule has 0 bridgehead atoms. The molecular weight excluding hydrogens is 201 g/mol. The molecule has 1 aromatic carbocycles. The van der Waals surface area contributed by atoms with Gasteiger partial charge in [0.1, 0.15) is 11.6 Å². The van der Waals surface area contributed by atoms with E-state index in [2.05, 4.69) is 5.32 Å². The number of aliphatic hydroxyl groups is 1. The first-order valence-electron chi connectivity index (χ1n) is 4.39. The lowest BCUT2D eigenvalue weighted by Gasteiger charge is -2.06. The SMILES string of the molecule is CNC(=O)COc1cc(F)cc(CO)c1. The third-order valence-electron chi connectivity index (χ3n) is 1.76. The van der Waals surface area contributed by atoms with E-state index < -0.39 is 5.82 Å². The first-order valence-corrected chi connectivity index (χ1v) is 4.39. The number of aliphatic hydroxyl groups excluding tert-OH is 1. The van der Waals surface area contributed by atoms with Gasteiger partial charge in [-0.25, -0.2) is 4.39 Å². The van der Waals surface area contributed by atoms with Crippen molar-refractivity contribution in [1.29, 1.82) is 0 Å². The van der Waals surface area contributed by atoms with Crippen molar-refractivity contribution in [1.82, 2.24) is 5.32 Å². The number of nitrogens with one attached hydrogen (secondary N) is 1. The summed E-state index contributed by atoms with van der Waals surface area (Å²) >= 11 is 0. The fourth-order valence-corrected chi connectivity index (χ4v) is 1.02. The number of amides is 1. The van der Waals surface area contributed by atoms with E-state index in [4.69, 9.17) is 9.84 Å². The zero-order chi connectivity index (χ0) is 11.3. The molecule has 15 heavy (non-hydrogen) atoms. The molecule has 0 radical (unpaired) electrons. The van der Waals surface area contributed by atoms with Crippen molar-refractivity contribution in [3.63, 3.8) is 0 Å². The molecule has 0 spiro atoms.